The summed E-state index contributed by atoms with van der Waals surface area (Å²) in [5.74, 6) is 0.289. The first-order valence-corrected chi connectivity index (χ1v) is 11.1. The van der Waals surface area contributed by atoms with Crippen LogP contribution in [-0.2, 0) is 21.7 Å². The zero-order valence-electron chi connectivity index (χ0n) is 17.4. The number of nitrogens with zero attached hydrogens (tertiary/aromatic N) is 4. The normalized spacial score (nSPS) is 18.3. The highest BCUT2D eigenvalue weighted by Crippen LogP contribution is 2.38. The molecule has 0 atom stereocenters. The molecule has 3 aromatic rings. The molecule has 0 unspecified atom stereocenters. The molecule has 3 heterocycles. The number of ether oxygens (including phenoxy) is 2. The van der Waals surface area contributed by atoms with Crippen molar-refractivity contribution in [1.82, 2.24) is 9.27 Å². The molecule has 156 valence electrons. The summed E-state index contributed by atoms with van der Waals surface area (Å²) < 4.78 is 17.2. The summed E-state index contributed by atoms with van der Waals surface area (Å²) in [5.41, 5.74) is 3.20. The molecule has 7 heteroatoms. The summed E-state index contributed by atoms with van der Waals surface area (Å²) in [6, 6.07) is 14.9. The van der Waals surface area contributed by atoms with Crippen molar-refractivity contribution < 1.29 is 9.47 Å². The van der Waals surface area contributed by atoms with Gasteiger partial charge in [-0.05, 0) is 47.8 Å². The van der Waals surface area contributed by atoms with Gasteiger partial charge in [-0.1, -0.05) is 18.2 Å². The van der Waals surface area contributed by atoms with Crippen LogP contribution in [0.3, 0.4) is 0 Å². The predicted octanol–water partition coefficient (Wildman–Crippen LogP) is 3.82. The average molecular weight is 423 g/mol. The van der Waals surface area contributed by atoms with Crippen LogP contribution in [-0.4, -0.2) is 62.4 Å². The van der Waals surface area contributed by atoms with Gasteiger partial charge in [0.1, 0.15) is 5.82 Å². The van der Waals surface area contributed by atoms with Gasteiger partial charge in [-0.25, -0.2) is 0 Å². The summed E-state index contributed by atoms with van der Waals surface area (Å²) in [5, 5.41) is 1.27. The third-order valence-electron chi connectivity index (χ3n) is 6.16. The van der Waals surface area contributed by atoms with Crippen LogP contribution in [0, 0.1) is 0 Å². The van der Waals surface area contributed by atoms with E-state index in [-0.39, 0.29) is 0 Å². The van der Waals surface area contributed by atoms with Gasteiger partial charge in [-0.2, -0.15) is 4.37 Å². The maximum absolute atomic E-state index is 5.61. The van der Waals surface area contributed by atoms with Crippen molar-refractivity contribution in [1.29, 1.82) is 0 Å². The van der Waals surface area contributed by atoms with Gasteiger partial charge in [-0.3, -0.25) is 9.89 Å². The Kier molecular flexibility index (Phi) is 5.28. The first kappa shape index (κ1) is 19.6. The molecular weight excluding hydrogens is 396 g/mol. The Bertz CT molecular complexity index is 1070. The Morgan fingerprint density at radius 1 is 1.03 bits per heavy atom. The smallest absolute Gasteiger partial charge is 0.234 e. The lowest BCUT2D eigenvalue weighted by molar-refractivity contribution is -0.154. The van der Waals surface area contributed by atoms with Gasteiger partial charge >= 0.3 is 0 Å². The molecule has 0 amide bonds. The molecule has 0 saturated carbocycles. The standard InChI is InChI=1S/C23H26N4O2S/c1-28-23(29-2)16-24-20-8-7-17(15-19(20)23)9-10-26-11-13-27(14-12-26)22-18-5-3-4-6-21(18)30-25-22/h3-8,15-16H,9-14H2,1-2H3. The zero-order chi connectivity index (χ0) is 20.6. The van der Waals surface area contributed by atoms with Crippen molar-refractivity contribution >= 4 is 39.3 Å². The van der Waals surface area contributed by atoms with Gasteiger partial charge in [0.2, 0.25) is 5.79 Å². The Labute approximate surface area is 180 Å². The fraction of sp³-hybridized carbons (Fsp3) is 0.391. The van der Waals surface area contributed by atoms with E-state index in [1.165, 1.54) is 15.6 Å². The fourth-order valence-corrected chi connectivity index (χ4v) is 5.13. The van der Waals surface area contributed by atoms with E-state index >= 15 is 0 Å². The number of piperazine rings is 1. The van der Waals surface area contributed by atoms with Crippen molar-refractivity contribution in [3.05, 3.63) is 53.6 Å². The fourth-order valence-electron chi connectivity index (χ4n) is 4.33. The first-order chi connectivity index (χ1) is 14.7. The van der Waals surface area contributed by atoms with E-state index in [4.69, 9.17) is 13.8 Å². The van der Waals surface area contributed by atoms with Crippen LogP contribution in [0.25, 0.3) is 10.1 Å². The summed E-state index contributed by atoms with van der Waals surface area (Å²) in [6.07, 6.45) is 2.74. The van der Waals surface area contributed by atoms with Crippen molar-refractivity contribution in [3.63, 3.8) is 0 Å². The number of fused-ring (bicyclic) bond motifs is 2. The summed E-state index contributed by atoms with van der Waals surface area (Å²) in [6.45, 7) is 5.18. The average Bonchev–Trinajstić information content (AvgIpc) is 3.40. The number of rotatable bonds is 6. The summed E-state index contributed by atoms with van der Waals surface area (Å²) in [4.78, 5) is 9.40. The highest BCUT2D eigenvalue weighted by atomic mass is 32.1. The van der Waals surface area contributed by atoms with E-state index in [1.807, 2.05) is 0 Å². The monoisotopic (exact) mass is 422 g/mol. The van der Waals surface area contributed by atoms with Gasteiger partial charge in [0.25, 0.3) is 0 Å². The molecular formula is C23H26N4O2S. The molecule has 30 heavy (non-hydrogen) atoms. The molecule has 0 spiro atoms. The van der Waals surface area contributed by atoms with Crippen molar-refractivity contribution in [2.45, 2.75) is 12.2 Å². The third kappa shape index (κ3) is 3.41. The molecule has 0 bridgehead atoms. The second-order valence-electron chi connectivity index (χ2n) is 7.77. The second kappa shape index (κ2) is 8.07. The quantitative estimate of drug-likeness (QED) is 0.565. The van der Waals surface area contributed by atoms with E-state index in [0.717, 1.165) is 56.2 Å². The minimum absolute atomic E-state index is 0.854. The number of aliphatic imine (C=N–C) groups is 1. The second-order valence-corrected chi connectivity index (χ2v) is 8.57. The lowest BCUT2D eigenvalue weighted by atomic mass is 10.0. The van der Waals surface area contributed by atoms with Gasteiger partial charge in [0, 0.05) is 57.9 Å². The topological polar surface area (TPSA) is 50.2 Å². The highest BCUT2D eigenvalue weighted by molar-refractivity contribution is 7.13. The largest absolute Gasteiger partial charge is 0.353 e. The summed E-state index contributed by atoms with van der Waals surface area (Å²) >= 11 is 1.59. The van der Waals surface area contributed by atoms with Gasteiger partial charge < -0.3 is 14.4 Å². The van der Waals surface area contributed by atoms with Gasteiger partial charge in [-0.15, -0.1) is 0 Å². The third-order valence-corrected chi connectivity index (χ3v) is 6.98. The predicted molar refractivity (Wildman–Crippen MR) is 122 cm³/mol. The molecule has 0 aliphatic carbocycles. The van der Waals surface area contributed by atoms with E-state index in [1.54, 1.807) is 32.0 Å². The Morgan fingerprint density at radius 2 is 1.83 bits per heavy atom. The van der Waals surface area contributed by atoms with Crippen molar-refractivity contribution in [2.75, 3.05) is 51.8 Å². The minimum atomic E-state index is -0.854. The summed E-state index contributed by atoms with van der Waals surface area (Å²) in [7, 11) is 3.31. The number of anilines is 1. The molecule has 5 rings (SSSR count). The molecule has 6 nitrogen and oxygen atoms in total. The number of hydrogen-bond acceptors (Lipinski definition) is 7. The molecule has 0 N–H and O–H groups in total. The van der Waals surface area contributed by atoms with Crippen LogP contribution in [0.2, 0.25) is 0 Å². The molecule has 2 aromatic carbocycles. The van der Waals surface area contributed by atoms with Crippen LogP contribution in [0.15, 0.2) is 47.5 Å². The Morgan fingerprint density at radius 3 is 2.63 bits per heavy atom. The number of benzene rings is 2. The van der Waals surface area contributed by atoms with Crippen LogP contribution < -0.4 is 4.90 Å². The zero-order valence-corrected chi connectivity index (χ0v) is 18.2. The van der Waals surface area contributed by atoms with E-state index in [0.29, 0.717) is 0 Å². The maximum atomic E-state index is 5.61. The maximum Gasteiger partial charge on any atom is 0.234 e. The number of aromatic nitrogens is 1. The lowest BCUT2D eigenvalue weighted by Gasteiger charge is -2.35. The first-order valence-electron chi connectivity index (χ1n) is 10.3. The van der Waals surface area contributed by atoms with Crippen molar-refractivity contribution in [2.24, 2.45) is 4.99 Å². The van der Waals surface area contributed by atoms with Gasteiger partial charge in [0.15, 0.2) is 0 Å². The van der Waals surface area contributed by atoms with Crippen LogP contribution in [0.4, 0.5) is 11.5 Å². The van der Waals surface area contributed by atoms with Crippen LogP contribution in [0.1, 0.15) is 11.1 Å². The van der Waals surface area contributed by atoms with E-state index < -0.39 is 5.79 Å². The van der Waals surface area contributed by atoms with Crippen molar-refractivity contribution in [3.8, 4) is 0 Å². The highest BCUT2D eigenvalue weighted by Gasteiger charge is 2.37. The molecule has 1 saturated heterocycles. The van der Waals surface area contributed by atoms with Crippen LogP contribution >= 0.6 is 11.5 Å². The van der Waals surface area contributed by atoms with E-state index in [9.17, 15) is 0 Å². The number of hydrogen-bond donors (Lipinski definition) is 0. The van der Waals surface area contributed by atoms with Gasteiger partial charge in [0.05, 0.1) is 16.6 Å². The molecule has 2 aliphatic rings. The molecule has 1 fully saturated rings. The Balaban J connectivity index is 1.20. The SMILES string of the molecule is COC1(OC)C=Nc2ccc(CCN3CCN(c4nsc5ccccc45)CC3)cc21. The molecule has 2 aliphatic heterocycles. The lowest BCUT2D eigenvalue weighted by Crippen LogP contribution is -2.47. The minimum Gasteiger partial charge on any atom is -0.353 e. The molecule has 0 radical (unpaired) electrons. The molecule has 1 aromatic heterocycles. The van der Waals surface area contributed by atoms with E-state index in [2.05, 4.69) is 57.3 Å². The Hall–Kier alpha value is -2.32. The number of methoxy groups -OCH3 is 2. The van der Waals surface area contributed by atoms with Crippen LogP contribution in [0.5, 0.6) is 0 Å².